The summed E-state index contributed by atoms with van der Waals surface area (Å²) in [4.78, 5) is 23.6. The van der Waals surface area contributed by atoms with Gasteiger partial charge in [0.2, 0.25) is 5.24 Å². The summed E-state index contributed by atoms with van der Waals surface area (Å²) in [5.41, 5.74) is 1.87. The van der Waals surface area contributed by atoms with Crippen molar-refractivity contribution in [2.75, 3.05) is 0 Å². The van der Waals surface area contributed by atoms with Crippen LogP contribution in [0.2, 0.25) is 0 Å². The smallest absolute Gasteiger partial charge is 0.254 e. The van der Waals surface area contributed by atoms with Gasteiger partial charge in [-0.3, -0.25) is 9.59 Å². The van der Waals surface area contributed by atoms with Crippen LogP contribution in [-0.4, -0.2) is 9.81 Å². The van der Waals surface area contributed by atoms with E-state index in [9.17, 15) is 9.59 Å². The first-order chi connectivity index (χ1) is 9.50. The van der Waals surface area contributed by atoms with E-state index in [1.165, 1.54) is 12.8 Å². The van der Waals surface area contributed by atoms with Crippen LogP contribution in [0.25, 0.3) is 0 Å². The van der Waals surface area contributed by atoms with Crippen molar-refractivity contribution < 1.29 is 4.79 Å². The van der Waals surface area contributed by atoms with Gasteiger partial charge in [-0.15, -0.1) is 0 Å². The van der Waals surface area contributed by atoms with Gasteiger partial charge in [-0.1, -0.05) is 32.8 Å². The molecule has 0 bridgehead atoms. The van der Waals surface area contributed by atoms with Crippen molar-refractivity contribution in [3.63, 3.8) is 0 Å². The molecule has 1 fully saturated rings. The molecule has 3 nitrogen and oxygen atoms in total. The fraction of sp³-hybridized carbons (Fsp3) is 0.625. The molecule has 0 radical (unpaired) electrons. The Hall–Kier alpha value is -1.09. The van der Waals surface area contributed by atoms with Gasteiger partial charge in [0.25, 0.3) is 5.56 Å². The molecule has 2 rings (SSSR count). The summed E-state index contributed by atoms with van der Waals surface area (Å²) in [6, 6.07) is 4.23. The summed E-state index contributed by atoms with van der Waals surface area (Å²) in [6.07, 6.45) is 5.21. The minimum absolute atomic E-state index is 0.0704. The van der Waals surface area contributed by atoms with Gasteiger partial charge in [-0.05, 0) is 42.8 Å². The maximum atomic E-state index is 12.7. The fourth-order valence-electron chi connectivity index (χ4n) is 3.04. The molecule has 1 aliphatic rings. The van der Waals surface area contributed by atoms with Crippen molar-refractivity contribution in [3.8, 4) is 0 Å². The van der Waals surface area contributed by atoms with Gasteiger partial charge in [0.1, 0.15) is 0 Å². The Bertz CT molecular complexity index is 542. The van der Waals surface area contributed by atoms with Crippen molar-refractivity contribution in [2.45, 2.75) is 64.3 Å². The first-order valence-corrected chi connectivity index (χ1v) is 7.81. The van der Waals surface area contributed by atoms with E-state index in [2.05, 4.69) is 13.8 Å². The number of aryl methyl sites for hydroxylation is 1. The number of hydrogen-bond acceptors (Lipinski definition) is 2. The van der Waals surface area contributed by atoms with E-state index in [0.717, 1.165) is 18.5 Å². The molecule has 0 aromatic carbocycles. The zero-order valence-electron chi connectivity index (χ0n) is 12.2. The van der Waals surface area contributed by atoms with E-state index in [-0.39, 0.29) is 17.2 Å². The first kappa shape index (κ1) is 15.3. The van der Waals surface area contributed by atoms with Crippen LogP contribution >= 0.6 is 11.6 Å². The summed E-state index contributed by atoms with van der Waals surface area (Å²) in [5.74, 6) is 0.326. The molecule has 0 spiro atoms. The lowest BCUT2D eigenvalue weighted by atomic mass is 10.0. The zero-order valence-corrected chi connectivity index (χ0v) is 12.9. The Morgan fingerprint density at radius 1 is 1.35 bits per heavy atom. The Labute approximate surface area is 124 Å². The summed E-state index contributed by atoms with van der Waals surface area (Å²) >= 11 is 5.38. The highest BCUT2D eigenvalue weighted by Gasteiger charge is 2.22. The quantitative estimate of drug-likeness (QED) is 0.775. The molecule has 0 aliphatic heterocycles. The van der Waals surface area contributed by atoms with Gasteiger partial charge in [-0.25, -0.2) is 0 Å². The number of nitrogens with zero attached hydrogens (tertiary/aromatic N) is 1. The normalized spacial score (nSPS) is 16.0. The summed E-state index contributed by atoms with van der Waals surface area (Å²) < 4.78 is 1.98. The third kappa shape index (κ3) is 3.32. The second-order valence-corrected chi connectivity index (χ2v) is 6.33. The number of carbonyl (C=O) groups is 1. The number of aromatic nitrogens is 1. The van der Waals surface area contributed by atoms with E-state index in [4.69, 9.17) is 11.6 Å². The van der Waals surface area contributed by atoms with Crippen molar-refractivity contribution in [1.82, 2.24) is 4.57 Å². The monoisotopic (exact) mass is 295 g/mol. The summed E-state index contributed by atoms with van der Waals surface area (Å²) in [6.45, 7) is 4.23. The molecule has 110 valence electrons. The van der Waals surface area contributed by atoms with Crippen LogP contribution in [0, 0.1) is 0 Å². The number of halogens is 1. The van der Waals surface area contributed by atoms with Crippen LogP contribution in [0.4, 0.5) is 0 Å². The molecule has 1 heterocycles. The van der Waals surface area contributed by atoms with Gasteiger partial charge >= 0.3 is 0 Å². The highest BCUT2D eigenvalue weighted by molar-refractivity contribution is 6.63. The van der Waals surface area contributed by atoms with Gasteiger partial charge in [-0.2, -0.15) is 0 Å². The van der Waals surface area contributed by atoms with E-state index in [0.29, 0.717) is 23.9 Å². The van der Waals surface area contributed by atoms with Crippen LogP contribution in [0.1, 0.15) is 69.2 Å². The molecule has 1 saturated carbocycles. The highest BCUT2D eigenvalue weighted by atomic mass is 35.5. The van der Waals surface area contributed by atoms with E-state index >= 15 is 0 Å². The maximum absolute atomic E-state index is 12.7. The van der Waals surface area contributed by atoms with Crippen molar-refractivity contribution in [3.05, 3.63) is 33.7 Å². The highest BCUT2D eigenvalue weighted by Crippen LogP contribution is 2.31. The molecule has 0 unspecified atom stereocenters. The lowest BCUT2D eigenvalue weighted by molar-refractivity contribution is -0.111. The van der Waals surface area contributed by atoms with Crippen molar-refractivity contribution >= 4 is 16.8 Å². The molecule has 1 aromatic rings. The minimum atomic E-state index is -0.384. The predicted octanol–water partition coefficient (Wildman–Crippen LogP) is 3.78. The molecular formula is C16H22ClNO2. The minimum Gasteiger partial charge on any atom is -0.309 e. The van der Waals surface area contributed by atoms with Crippen molar-refractivity contribution in [2.24, 2.45) is 0 Å². The first-order valence-electron chi connectivity index (χ1n) is 7.43. The topological polar surface area (TPSA) is 39.1 Å². The van der Waals surface area contributed by atoms with Crippen LogP contribution in [0.5, 0.6) is 0 Å². The Morgan fingerprint density at radius 3 is 2.55 bits per heavy atom. The number of hydrogen-bond donors (Lipinski definition) is 0. The third-order valence-corrected chi connectivity index (χ3v) is 4.29. The second-order valence-electron chi connectivity index (χ2n) is 5.91. The number of pyridine rings is 1. The van der Waals surface area contributed by atoms with Gasteiger partial charge in [0, 0.05) is 23.7 Å². The van der Waals surface area contributed by atoms with Gasteiger partial charge < -0.3 is 4.57 Å². The molecule has 0 N–H and O–H groups in total. The van der Waals surface area contributed by atoms with Crippen LogP contribution in [0.15, 0.2) is 16.9 Å². The van der Waals surface area contributed by atoms with E-state index in [1.54, 1.807) is 0 Å². The summed E-state index contributed by atoms with van der Waals surface area (Å²) in [5, 5.41) is -0.384. The predicted molar refractivity (Wildman–Crippen MR) is 81.5 cm³/mol. The summed E-state index contributed by atoms with van der Waals surface area (Å²) in [7, 11) is 0. The average molecular weight is 296 g/mol. The molecule has 4 heteroatoms. The number of carbonyl (C=O) groups excluding carboxylic acids is 1. The largest absolute Gasteiger partial charge is 0.309 e. The van der Waals surface area contributed by atoms with E-state index in [1.807, 2.05) is 16.7 Å². The van der Waals surface area contributed by atoms with Crippen LogP contribution < -0.4 is 5.56 Å². The average Bonchev–Trinajstić information content (AvgIpc) is 2.90. The Morgan fingerprint density at radius 2 is 2.00 bits per heavy atom. The molecule has 20 heavy (non-hydrogen) atoms. The standard InChI is InChI=1S/C16H22ClNO2/c1-11(2)14-9-7-12(8-10-15(17)19)16(20)18(14)13-5-3-4-6-13/h7,9,11,13H,3-6,8,10H2,1-2H3. The van der Waals surface area contributed by atoms with Crippen LogP contribution in [0.3, 0.4) is 0 Å². The lowest BCUT2D eigenvalue weighted by Gasteiger charge is -2.22. The number of rotatable bonds is 5. The maximum Gasteiger partial charge on any atom is 0.254 e. The molecule has 1 aromatic heterocycles. The lowest BCUT2D eigenvalue weighted by Crippen LogP contribution is -2.30. The Kier molecular flexibility index (Phi) is 5.03. The molecule has 0 atom stereocenters. The molecule has 0 amide bonds. The van der Waals surface area contributed by atoms with Crippen molar-refractivity contribution in [1.29, 1.82) is 0 Å². The molecule has 0 saturated heterocycles. The zero-order chi connectivity index (χ0) is 14.7. The molecule has 1 aliphatic carbocycles. The fourth-order valence-corrected chi connectivity index (χ4v) is 3.14. The third-order valence-electron chi connectivity index (χ3n) is 4.10. The Balaban J connectivity index is 2.40. The van der Waals surface area contributed by atoms with E-state index < -0.39 is 0 Å². The SMILES string of the molecule is CC(C)c1ccc(CCC(=O)Cl)c(=O)n1C1CCCC1. The van der Waals surface area contributed by atoms with Gasteiger partial charge in [0.05, 0.1) is 0 Å². The van der Waals surface area contributed by atoms with Gasteiger partial charge in [0.15, 0.2) is 0 Å². The molecular weight excluding hydrogens is 274 g/mol. The van der Waals surface area contributed by atoms with Crippen LogP contribution in [-0.2, 0) is 11.2 Å². The second kappa shape index (κ2) is 6.57.